The third-order valence-electron chi connectivity index (χ3n) is 5.35. The van der Waals surface area contributed by atoms with E-state index in [2.05, 4.69) is 23.5 Å². The molecule has 0 amide bonds. The first kappa shape index (κ1) is 14.4. The van der Waals surface area contributed by atoms with E-state index >= 15 is 0 Å². The number of piperidine rings is 1. The van der Waals surface area contributed by atoms with E-state index in [0.717, 1.165) is 18.1 Å². The van der Waals surface area contributed by atoms with Gasteiger partial charge in [-0.15, -0.1) is 0 Å². The van der Waals surface area contributed by atoms with Gasteiger partial charge in [0.2, 0.25) is 0 Å². The van der Waals surface area contributed by atoms with E-state index in [4.69, 9.17) is 16.3 Å². The first-order valence-electron chi connectivity index (χ1n) is 7.75. The topological polar surface area (TPSA) is 21.3 Å². The molecule has 20 heavy (non-hydrogen) atoms. The molecule has 3 unspecified atom stereocenters. The van der Waals surface area contributed by atoms with E-state index in [0.29, 0.717) is 17.4 Å². The van der Waals surface area contributed by atoms with Crippen molar-refractivity contribution in [3.05, 3.63) is 34.9 Å². The zero-order valence-corrected chi connectivity index (χ0v) is 13.0. The molecule has 1 aliphatic heterocycles. The summed E-state index contributed by atoms with van der Waals surface area (Å²) in [7, 11) is 1.88. The molecule has 1 N–H and O–H groups in total. The molecular weight excluding hydrogens is 270 g/mol. The van der Waals surface area contributed by atoms with Gasteiger partial charge in [0.05, 0.1) is 6.10 Å². The van der Waals surface area contributed by atoms with E-state index in [1.54, 1.807) is 0 Å². The van der Waals surface area contributed by atoms with Crippen LogP contribution in [0, 0.1) is 5.41 Å². The zero-order valence-electron chi connectivity index (χ0n) is 12.2. The predicted octanol–water partition coefficient (Wildman–Crippen LogP) is 3.99. The summed E-state index contributed by atoms with van der Waals surface area (Å²) < 4.78 is 5.91. The van der Waals surface area contributed by atoms with Crippen LogP contribution in [0.4, 0.5) is 0 Å². The Hall–Kier alpha value is -0.570. The minimum atomic E-state index is 0.295. The fraction of sp³-hybridized carbons (Fsp3) is 0.647. The van der Waals surface area contributed by atoms with Gasteiger partial charge in [0.25, 0.3) is 0 Å². The van der Waals surface area contributed by atoms with Crippen LogP contribution in [0.25, 0.3) is 0 Å². The Kier molecular flexibility index (Phi) is 4.34. The Labute approximate surface area is 126 Å². The highest BCUT2D eigenvalue weighted by Crippen LogP contribution is 2.52. The second kappa shape index (κ2) is 6.05. The van der Waals surface area contributed by atoms with Crippen molar-refractivity contribution in [2.24, 2.45) is 5.41 Å². The summed E-state index contributed by atoms with van der Waals surface area (Å²) in [6, 6.07) is 8.40. The molecule has 2 aliphatic rings. The van der Waals surface area contributed by atoms with Gasteiger partial charge in [-0.2, -0.15) is 0 Å². The summed E-state index contributed by atoms with van der Waals surface area (Å²) in [5.41, 5.74) is 1.66. The van der Waals surface area contributed by atoms with Crippen LogP contribution in [0.2, 0.25) is 5.02 Å². The van der Waals surface area contributed by atoms with Crippen molar-refractivity contribution in [3.63, 3.8) is 0 Å². The van der Waals surface area contributed by atoms with Crippen LogP contribution in [-0.4, -0.2) is 26.3 Å². The van der Waals surface area contributed by atoms with Gasteiger partial charge in [-0.25, -0.2) is 0 Å². The number of hydrogen-bond donors (Lipinski definition) is 1. The highest BCUT2D eigenvalue weighted by atomic mass is 35.5. The van der Waals surface area contributed by atoms with Crippen LogP contribution in [-0.2, 0) is 4.74 Å². The molecule has 1 heterocycles. The van der Waals surface area contributed by atoms with Crippen LogP contribution < -0.4 is 5.32 Å². The molecule has 0 bridgehead atoms. The molecule has 0 aromatic heterocycles. The summed E-state index contributed by atoms with van der Waals surface area (Å²) in [4.78, 5) is 0. The molecule has 110 valence electrons. The normalized spacial score (nSPS) is 34.3. The van der Waals surface area contributed by atoms with Crippen LogP contribution in [0.5, 0.6) is 0 Å². The maximum atomic E-state index is 6.21. The minimum Gasteiger partial charge on any atom is -0.381 e. The van der Waals surface area contributed by atoms with Crippen LogP contribution in [0.1, 0.15) is 43.6 Å². The average molecular weight is 294 g/mol. The zero-order chi connectivity index (χ0) is 14.0. The van der Waals surface area contributed by atoms with Crippen molar-refractivity contribution in [1.82, 2.24) is 5.32 Å². The smallest absolute Gasteiger partial charge is 0.0634 e. The van der Waals surface area contributed by atoms with Gasteiger partial charge in [-0.05, 0) is 43.5 Å². The molecule has 1 saturated heterocycles. The lowest BCUT2D eigenvalue weighted by molar-refractivity contribution is -0.0717. The summed E-state index contributed by atoms with van der Waals surface area (Å²) in [6.45, 7) is 2.15. The Bertz CT molecular complexity index is 458. The molecule has 1 aliphatic carbocycles. The van der Waals surface area contributed by atoms with Crippen molar-refractivity contribution in [3.8, 4) is 0 Å². The summed E-state index contributed by atoms with van der Waals surface area (Å²) in [5.74, 6) is 0.514. The van der Waals surface area contributed by atoms with Crippen molar-refractivity contribution in [2.45, 2.75) is 44.1 Å². The van der Waals surface area contributed by atoms with E-state index in [9.17, 15) is 0 Å². The Morgan fingerprint density at radius 3 is 3.00 bits per heavy atom. The van der Waals surface area contributed by atoms with Gasteiger partial charge in [-0.1, -0.05) is 36.6 Å². The number of methoxy groups -OCH3 is 1. The first-order chi connectivity index (χ1) is 9.76. The van der Waals surface area contributed by atoms with Gasteiger partial charge in [0.15, 0.2) is 0 Å². The van der Waals surface area contributed by atoms with Gasteiger partial charge in [0.1, 0.15) is 0 Å². The molecule has 2 fully saturated rings. The fourth-order valence-corrected chi connectivity index (χ4v) is 4.59. The molecule has 1 spiro atoms. The van der Waals surface area contributed by atoms with Crippen LogP contribution in [0.15, 0.2) is 24.3 Å². The van der Waals surface area contributed by atoms with Gasteiger partial charge in [0, 0.05) is 30.0 Å². The van der Waals surface area contributed by atoms with Crippen molar-refractivity contribution in [1.29, 1.82) is 0 Å². The fourth-order valence-electron chi connectivity index (χ4n) is 4.39. The lowest BCUT2D eigenvalue weighted by atomic mass is 9.59. The van der Waals surface area contributed by atoms with Gasteiger partial charge in [-0.3, -0.25) is 0 Å². The van der Waals surface area contributed by atoms with E-state index in [-0.39, 0.29) is 0 Å². The molecule has 0 radical (unpaired) electrons. The second-order valence-corrected chi connectivity index (χ2v) is 6.70. The number of rotatable bonds is 2. The molecule has 3 heteroatoms. The third kappa shape index (κ3) is 2.49. The standard InChI is InChI=1S/C17H24ClNO/c1-20-16-7-2-3-8-17(16)9-10-19-12-15(17)13-5-4-6-14(18)11-13/h4-6,11,15-16,19H,2-3,7-10,12H2,1H3. The predicted molar refractivity (Wildman–Crippen MR) is 83.4 cm³/mol. The molecule has 3 rings (SSSR count). The summed E-state index contributed by atoms with van der Waals surface area (Å²) in [5, 5.41) is 4.41. The molecule has 1 saturated carbocycles. The quantitative estimate of drug-likeness (QED) is 0.890. The third-order valence-corrected chi connectivity index (χ3v) is 5.58. The maximum absolute atomic E-state index is 6.21. The average Bonchev–Trinajstić information content (AvgIpc) is 2.48. The van der Waals surface area contributed by atoms with E-state index in [1.165, 1.54) is 37.7 Å². The van der Waals surface area contributed by atoms with E-state index in [1.807, 2.05) is 13.2 Å². The first-order valence-corrected chi connectivity index (χ1v) is 8.13. The number of nitrogens with one attached hydrogen (secondary N) is 1. The monoisotopic (exact) mass is 293 g/mol. The molecule has 1 aromatic rings. The summed E-state index contributed by atoms with van der Waals surface area (Å²) in [6.07, 6.45) is 6.72. The number of benzene rings is 1. The summed E-state index contributed by atoms with van der Waals surface area (Å²) >= 11 is 6.21. The molecule has 3 atom stereocenters. The second-order valence-electron chi connectivity index (χ2n) is 6.27. The number of ether oxygens (including phenoxy) is 1. The Morgan fingerprint density at radius 1 is 1.30 bits per heavy atom. The van der Waals surface area contributed by atoms with Crippen molar-refractivity contribution < 1.29 is 4.74 Å². The van der Waals surface area contributed by atoms with Crippen molar-refractivity contribution in [2.75, 3.05) is 20.2 Å². The Balaban J connectivity index is 1.97. The lowest BCUT2D eigenvalue weighted by Crippen LogP contribution is -2.52. The largest absolute Gasteiger partial charge is 0.381 e. The highest BCUT2D eigenvalue weighted by molar-refractivity contribution is 6.30. The van der Waals surface area contributed by atoms with Gasteiger partial charge < -0.3 is 10.1 Å². The molecular formula is C17H24ClNO. The number of hydrogen-bond acceptors (Lipinski definition) is 2. The maximum Gasteiger partial charge on any atom is 0.0634 e. The lowest BCUT2D eigenvalue weighted by Gasteiger charge is -2.51. The SMILES string of the molecule is COC1CCCCC12CCNCC2c1cccc(Cl)c1. The molecule has 1 aromatic carbocycles. The van der Waals surface area contributed by atoms with E-state index < -0.39 is 0 Å². The Morgan fingerprint density at radius 2 is 2.20 bits per heavy atom. The minimum absolute atomic E-state index is 0.295. The number of halogens is 1. The molecule has 2 nitrogen and oxygen atoms in total. The highest BCUT2D eigenvalue weighted by Gasteiger charge is 2.48. The van der Waals surface area contributed by atoms with Crippen LogP contribution in [0.3, 0.4) is 0 Å². The van der Waals surface area contributed by atoms with Crippen molar-refractivity contribution >= 4 is 11.6 Å². The van der Waals surface area contributed by atoms with Crippen LogP contribution >= 0.6 is 11.6 Å². The van der Waals surface area contributed by atoms with Gasteiger partial charge >= 0.3 is 0 Å².